The highest BCUT2D eigenvalue weighted by atomic mass is 16.8. The molecule has 19 heavy (non-hydrogen) atoms. The quantitative estimate of drug-likeness (QED) is 0.277. The third kappa shape index (κ3) is 13.5. The van der Waals surface area contributed by atoms with Crippen LogP contribution in [0.1, 0.15) is 26.7 Å². The van der Waals surface area contributed by atoms with Gasteiger partial charge >= 0.3 is 0 Å². The van der Waals surface area contributed by atoms with Crippen molar-refractivity contribution in [1.82, 2.24) is 0 Å². The standard InChI is InChI=1S/C14H26O5/c1-5-7-9-16-13(3)18-11-15-12-19-14(4)17-10-8-6-2/h5-6,13-14H,1-2,7-12H2,3-4H3. The Bertz CT molecular complexity index is 198. The summed E-state index contributed by atoms with van der Waals surface area (Å²) in [5, 5.41) is 0. The molecule has 0 spiro atoms. The smallest absolute Gasteiger partial charge is 0.157 e. The molecule has 0 aliphatic rings. The average molecular weight is 274 g/mol. The summed E-state index contributed by atoms with van der Waals surface area (Å²) < 4.78 is 26.3. The van der Waals surface area contributed by atoms with Gasteiger partial charge in [-0.3, -0.25) is 0 Å². The van der Waals surface area contributed by atoms with E-state index in [4.69, 9.17) is 23.7 Å². The van der Waals surface area contributed by atoms with E-state index in [2.05, 4.69) is 13.2 Å². The highest BCUT2D eigenvalue weighted by Crippen LogP contribution is 1.98. The van der Waals surface area contributed by atoms with Crippen LogP contribution < -0.4 is 0 Å². The Morgan fingerprint density at radius 2 is 1.21 bits per heavy atom. The zero-order valence-corrected chi connectivity index (χ0v) is 12.0. The maximum absolute atomic E-state index is 5.33. The highest BCUT2D eigenvalue weighted by Gasteiger charge is 2.03. The molecule has 5 nitrogen and oxygen atoms in total. The lowest BCUT2D eigenvalue weighted by molar-refractivity contribution is -0.238. The van der Waals surface area contributed by atoms with Crippen LogP contribution >= 0.6 is 0 Å². The summed E-state index contributed by atoms with van der Waals surface area (Å²) in [5.74, 6) is 0. The van der Waals surface area contributed by atoms with Gasteiger partial charge in [0.2, 0.25) is 0 Å². The number of hydrogen-bond acceptors (Lipinski definition) is 5. The van der Waals surface area contributed by atoms with Crippen LogP contribution in [0.3, 0.4) is 0 Å². The second kappa shape index (κ2) is 13.7. The van der Waals surface area contributed by atoms with Gasteiger partial charge in [0.05, 0.1) is 13.2 Å². The van der Waals surface area contributed by atoms with Crippen LogP contribution in [0.25, 0.3) is 0 Å². The van der Waals surface area contributed by atoms with Crippen LogP contribution in [0.4, 0.5) is 0 Å². The van der Waals surface area contributed by atoms with Gasteiger partial charge in [-0.05, 0) is 26.7 Å². The van der Waals surface area contributed by atoms with Crippen molar-refractivity contribution in [1.29, 1.82) is 0 Å². The fourth-order valence-electron chi connectivity index (χ4n) is 1.05. The Labute approximate surface area is 116 Å². The first-order valence-corrected chi connectivity index (χ1v) is 6.46. The van der Waals surface area contributed by atoms with Gasteiger partial charge in [-0.15, -0.1) is 13.2 Å². The van der Waals surface area contributed by atoms with Gasteiger partial charge in [0, 0.05) is 0 Å². The molecule has 0 amide bonds. The van der Waals surface area contributed by atoms with Crippen molar-refractivity contribution in [3.8, 4) is 0 Å². The highest BCUT2D eigenvalue weighted by molar-refractivity contribution is 4.65. The Morgan fingerprint density at radius 1 is 0.789 bits per heavy atom. The predicted molar refractivity (Wildman–Crippen MR) is 73.4 cm³/mol. The van der Waals surface area contributed by atoms with Crippen LogP contribution in [0.5, 0.6) is 0 Å². The minimum Gasteiger partial charge on any atom is -0.353 e. The summed E-state index contributed by atoms with van der Waals surface area (Å²) in [4.78, 5) is 0. The molecule has 0 aromatic rings. The molecular formula is C14H26O5. The Morgan fingerprint density at radius 3 is 1.58 bits per heavy atom. The lowest BCUT2D eigenvalue weighted by Gasteiger charge is -2.16. The third-order valence-corrected chi connectivity index (χ3v) is 2.12. The second-order valence-corrected chi connectivity index (χ2v) is 3.80. The zero-order chi connectivity index (χ0) is 14.3. The summed E-state index contributed by atoms with van der Waals surface area (Å²) in [6.45, 7) is 12.3. The van der Waals surface area contributed by atoms with Gasteiger partial charge in [-0.1, -0.05) is 12.2 Å². The molecule has 0 aromatic carbocycles. The van der Waals surface area contributed by atoms with Crippen molar-refractivity contribution >= 4 is 0 Å². The molecule has 0 radical (unpaired) electrons. The Balaban J connectivity index is 3.28. The zero-order valence-electron chi connectivity index (χ0n) is 12.0. The summed E-state index contributed by atoms with van der Waals surface area (Å²) >= 11 is 0. The van der Waals surface area contributed by atoms with Crippen molar-refractivity contribution in [2.75, 3.05) is 26.8 Å². The number of rotatable bonds is 14. The van der Waals surface area contributed by atoms with Gasteiger partial charge < -0.3 is 23.7 Å². The van der Waals surface area contributed by atoms with Crippen molar-refractivity contribution in [3.05, 3.63) is 25.3 Å². The Hall–Kier alpha value is -0.720. The van der Waals surface area contributed by atoms with E-state index in [1.165, 1.54) is 0 Å². The van der Waals surface area contributed by atoms with Crippen LogP contribution in [0.2, 0.25) is 0 Å². The van der Waals surface area contributed by atoms with E-state index in [0.717, 1.165) is 12.8 Å². The lowest BCUT2D eigenvalue weighted by atomic mass is 10.4. The Kier molecular flexibility index (Phi) is 13.2. The summed E-state index contributed by atoms with van der Waals surface area (Å²) in [6.07, 6.45) is 4.59. The molecule has 0 heterocycles. The van der Waals surface area contributed by atoms with E-state index in [1.54, 1.807) is 12.2 Å². The lowest BCUT2D eigenvalue weighted by Crippen LogP contribution is -2.19. The van der Waals surface area contributed by atoms with E-state index in [1.807, 2.05) is 13.8 Å². The molecule has 0 N–H and O–H groups in total. The number of ether oxygens (including phenoxy) is 5. The van der Waals surface area contributed by atoms with Gasteiger partial charge in [0.1, 0.15) is 0 Å². The number of hydrogen-bond donors (Lipinski definition) is 0. The molecule has 5 heteroatoms. The fourth-order valence-corrected chi connectivity index (χ4v) is 1.05. The minimum atomic E-state index is -0.304. The largest absolute Gasteiger partial charge is 0.353 e. The molecule has 0 fully saturated rings. The van der Waals surface area contributed by atoms with Crippen molar-refractivity contribution in [2.24, 2.45) is 0 Å². The first-order chi connectivity index (χ1) is 9.20. The molecule has 0 rings (SSSR count). The SMILES string of the molecule is C=CCCOC(C)OCOCOC(C)OCCC=C. The topological polar surface area (TPSA) is 46.2 Å². The molecule has 2 atom stereocenters. The van der Waals surface area contributed by atoms with Gasteiger partial charge in [-0.25, -0.2) is 0 Å². The minimum absolute atomic E-state index is 0.120. The summed E-state index contributed by atoms with van der Waals surface area (Å²) in [5.41, 5.74) is 0. The van der Waals surface area contributed by atoms with Crippen LogP contribution in [0.15, 0.2) is 25.3 Å². The second-order valence-electron chi connectivity index (χ2n) is 3.80. The van der Waals surface area contributed by atoms with Crippen LogP contribution in [0, 0.1) is 0 Å². The molecule has 2 unspecified atom stereocenters. The van der Waals surface area contributed by atoms with E-state index in [-0.39, 0.29) is 26.2 Å². The monoisotopic (exact) mass is 274 g/mol. The molecule has 0 aromatic heterocycles. The molecule has 0 saturated heterocycles. The van der Waals surface area contributed by atoms with E-state index in [9.17, 15) is 0 Å². The van der Waals surface area contributed by atoms with Crippen molar-refractivity contribution in [2.45, 2.75) is 39.3 Å². The van der Waals surface area contributed by atoms with E-state index < -0.39 is 0 Å². The normalized spacial score (nSPS) is 14.0. The van der Waals surface area contributed by atoms with Gasteiger partial charge in [0.15, 0.2) is 26.2 Å². The fraction of sp³-hybridized carbons (Fsp3) is 0.714. The molecule has 0 saturated carbocycles. The molecule has 112 valence electrons. The maximum Gasteiger partial charge on any atom is 0.157 e. The molecule has 0 bridgehead atoms. The van der Waals surface area contributed by atoms with Crippen molar-refractivity contribution < 1.29 is 23.7 Å². The first kappa shape index (κ1) is 18.3. The molecule has 0 aliphatic carbocycles. The predicted octanol–water partition coefficient (Wildman–Crippen LogP) is 2.83. The first-order valence-electron chi connectivity index (χ1n) is 6.46. The van der Waals surface area contributed by atoms with Crippen LogP contribution in [-0.4, -0.2) is 39.4 Å². The van der Waals surface area contributed by atoms with Crippen molar-refractivity contribution in [3.63, 3.8) is 0 Å². The molecule has 0 aliphatic heterocycles. The molecular weight excluding hydrogens is 248 g/mol. The van der Waals surface area contributed by atoms with Crippen LogP contribution in [-0.2, 0) is 23.7 Å². The van der Waals surface area contributed by atoms with Gasteiger partial charge in [0.25, 0.3) is 0 Å². The van der Waals surface area contributed by atoms with Gasteiger partial charge in [-0.2, -0.15) is 0 Å². The van der Waals surface area contributed by atoms with E-state index >= 15 is 0 Å². The maximum atomic E-state index is 5.33. The summed E-state index contributed by atoms with van der Waals surface area (Å²) in [7, 11) is 0. The average Bonchev–Trinajstić information content (AvgIpc) is 2.39. The summed E-state index contributed by atoms with van der Waals surface area (Å²) in [6, 6.07) is 0. The van der Waals surface area contributed by atoms with E-state index in [0.29, 0.717) is 13.2 Å². The third-order valence-electron chi connectivity index (χ3n) is 2.12.